The summed E-state index contributed by atoms with van der Waals surface area (Å²) in [6.45, 7) is 8.86. The van der Waals surface area contributed by atoms with Crippen LogP contribution < -0.4 is 4.72 Å². The van der Waals surface area contributed by atoms with Gasteiger partial charge in [0.25, 0.3) is 0 Å². The van der Waals surface area contributed by atoms with E-state index in [4.69, 9.17) is 0 Å². The molecule has 16 heavy (non-hydrogen) atoms. The first-order valence-corrected chi connectivity index (χ1v) is 7.95. The fraction of sp³-hybridized carbons (Fsp3) is 1.00. The highest BCUT2D eigenvalue weighted by Gasteiger charge is 2.20. The molecule has 0 unspecified atom stereocenters. The van der Waals surface area contributed by atoms with Gasteiger partial charge < -0.3 is 0 Å². The van der Waals surface area contributed by atoms with Crippen molar-refractivity contribution in [2.45, 2.75) is 59.8 Å². The number of hydrogen-bond acceptors (Lipinski definition) is 2. The van der Waals surface area contributed by atoms with Gasteiger partial charge in [-0.2, -0.15) is 0 Å². The summed E-state index contributed by atoms with van der Waals surface area (Å²) >= 11 is 0. The molecule has 0 spiro atoms. The minimum atomic E-state index is -3.05. The molecule has 0 aromatic heterocycles. The van der Waals surface area contributed by atoms with Crippen molar-refractivity contribution < 1.29 is 8.42 Å². The van der Waals surface area contributed by atoms with E-state index in [1.807, 2.05) is 6.92 Å². The van der Waals surface area contributed by atoms with Crippen LogP contribution in [0.4, 0.5) is 0 Å². The zero-order chi connectivity index (χ0) is 12.7. The predicted octanol–water partition coefficient (Wildman–Crippen LogP) is 2.92. The Morgan fingerprint density at radius 1 is 1.06 bits per heavy atom. The lowest BCUT2D eigenvalue weighted by molar-refractivity contribution is 0.320. The fourth-order valence-corrected chi connectivity index (χ4v) is 2.88. The Kier molecular flexibility index (Phi) is 7.24. The van der Waals surface area contributed by atoms with Crippen molar-refractivity contribution in [3.63, 3.8) is 0 Å². The molecule has 0 aliphatic carbocycles. The van der Waals surface area contributed by atoms with Crippen molar-refractivity contribution >= 4 is 10.0 Å². The van der Waals surface area contributed by atoms with Gasteiger partial charge in [0.15, 0.2) is 0 Å². The second-order valence-electron chi connectivity index (χ2n) is 5.26. The van der Waals surface area contributed by atoms with Gasteiger partial charge in [-0.15, -0.1) is 0 Å². The molecule has 0 radical (unpaired) electrons. The summed E-state index contributed by atoms with van der Waals surface area (Å²) in [6.07, 6.45) is 5.36. The van der Waals surface area contributed by atoms with Crippen LogP contribution in [-0.2, 0) is 10.0 Å². The van der Waals surface area contributed by atoms with Gasteiger partial charge in [-0.1, -0.05) is 47.0 Å². The Morgan fingerprint density at radius 3 is 2.19 bits per heavy atom. The number of hydrogen-bond donors (Lipinski definition) is 1. The van der Waals surface area contributed by atoms with Crippen molar-refractivity contribution in [3.05, 3.63) is 0 Å². The molecule has 0 aliphatic rings. The monoisotopic (exact) mass is 249 g/mol. The van der Waals surface area contributed by atoms with E-state index in [9.17, 15) is 8.42 Å². The minimum absolute atomic E-state index is 0.0655. The van der Waals surface area contributed by atoms with Crippen molar-refractivity contribution in [2.24, 2.45) is 5.41 Å². The lowest BCUT2D eigenvalue weighted by Gasteiger charge is -2.24. The maximum Gasteiger partial charge on any atom is 0.211 e. The van der Waals surface area contributed by atoms with Crippen LogP contribution in [-0.4, -0.2) is 20.7 Å². The van der Waals surface area contributed by atoms with Gasteiger partial charge in [-0.3, -0.25) is 0 Å². The van der Waals surface area contributed by atoms with Gasteiger partial charge >= 0.3 is 0 Å². The van der Waals surface area contributed by atoms with Gasteiger partial charge in [-0.05, 0) is 18.3 Å². The number of sulfonamides is 1. The van der Waals surface area contributed by atoms with Crippen LogP contribution in [0.25, 0.3) is 0 Å². The largest absolute Gasteiger partial charge is 0.215 e. The third-order valence-electron chi connectivity index (χ3n) is 2.70. The van der Waals surface area contributed by atoms with E-state index in [1.165, 1.54) is 19.3 Å². The Hall–Kier alpha value is -0.0900. The van der Waals surface area contributed by atoms with E-state index < -0.39 is 10.0 Å². The highest BCUT2D eigenvalue weighted by molar-refractivity contribution is 7.89. The molecule has 0 bridgehead atoms. The zero-order valence-corrected chi connectivity index (χ0v) is 12.0. The molecule has 0 fully saturated rings. The highest BCUT2D eigenvalue weighted by Crippen LogP contribution is 2.22. The highest BCUT2D eigenvalue weighted by atomic mass is 32.2. The molecule has 1 N–H and O–H groups in total. The maximum atomic E-state index is 11.5. The predicted molar refractivity (Wildman–Crippen MR) is 70.0 cm³/mol. The molecule has 4 heteroatoms. The van der Waals surface area contributed by atoms with E-state index in [-0.39, 0.29) is 11.2 Å². The molecule has 0 saturated heterocycles. The molecule has 0 amide bonds. The van der Waals surface area contributed by atoms with Crippen LogP contribution in [0, 0.1) is 5.41 Å². The molecule has 0 atom stereocenters. The van der Waals surface area contributed by atoms with Crippen LogP contribution in [0.3, 0.4) is 0 Å². The average Bonchev–Trinajstić information content (AvgIpc) is 2.16. The molecular weight excluding hydrogens is 222 g/mol. The standard InChI is InChI=1S/C12H27NO2S/c1-5-7-8-9-12(3,4)11-13-16(14,15)10-6-2/h13H,5-11H2,1-4H3. The lowest BCUT2D eigenvalue weighted by atomic mass is 9.87. The van der Waals surface area contributed by atoms with E-state index in [2.05, 4.69) is 25.5 Å². The van der Waals surface area contributed by atoms with Crippen LogP contribution in [0.15, 0.2) is 0 Å². The SMILES string of the molecule is CCCCCC(C)(C)CNS(=O)(=O)CCC. The van der Waals surface area contributed by atoms with Gasteiger partial charge in [0.1, 0.15) is 0 Å². The second kappa shape index (κ2) is 7.28. The summed E-state index contributed by atoms with van der Waals surface area (Å²) in [7, 11) is -3.05. The third-order valence-corrected chi connectivity index (χ3v) is 4.23. The van der Waals surface area contributed by atoms with E-state index in [0.717, 1.165) is 6.42 Å². The Balaban J connectivity index is 3.97. The summed E-state index contributed by atoms with van der Waals surface area (Å²) in [5.41, 5.74) is 0.0655. The Bertz CT molecular complexity index is 271. The fourth-order valence-electron chi connectivity index (χ4n) is 1.59. The summed E-state index contributed by atoms with van der Waals surface area (Å²) in [4.78, 5) is 0. The van der Waals surface area contributed by atoms with Crippen molar-refractivity contribution in [1.29, 1.82) is 0 Å². The first-order valence-electron chi connectivity index (χ1n) is 6.30. The summed E-state index contributed by atoms with van der Waals surface area (Å²) in [5, 5.41) is 0. The first kappa shape index (κ1) is 15.9. The van der Waals surface area contributed by atoms with Crippen LogP contribution >= 0.6 is 0 Å². The molecule has 0 aromatic carbocycles. The molecular formula is C12H27NO2S. The minimum Gasteiger partial charge on any atom is -0.215 e. The summed E-state index contributed by atoms with van der Waals surface area (Å²) in [6, 6.07) is 0. The zero-order valence-electron chi connectivity index (χ0n) is 11.2. The first-order chi connectivity index (χ1) is 7.33. The number of rotatable bonds is 9. The Labute approximate surface area is 101 Å². The molecule has 3 nitrogen and oxygen atoms in total. The summed E-state index contributed by atoms with van der Waals surface area (Å²) < 4.78 is 25.7. The molecule has 0 saturated carbocycles. The van der Waals surface area contributed by atoms with Gasteiger partial charge in [0, 0.05) is 6.54 Å². The normalized spacial score (nSPS) is 13.0. The number of nitrogens with one attached hydrogen (secondary N) is 1. The van der Waals surface area contributed by atoms with Crippen molar-refractivity contribution in [3.8, 4) is 0 Å². The molecule has 0 heterocycles. The molecule has 0 rings (SSSR count). The molecule has 0 aliphatic heterocycles. The maximum absolute atomic E-state index is 11.5. The Morgan fingerprint density at radius 2 is 1.69 bits per heavy atom. The van der Waals surface area contributed by atoms with E-state index in [0.29, 0.717) is 13.0 Å². The van der Waals surface area contributed by atoms with Crippen LogP contribution in [0.2, 0.25) is 0 Å². The lowest BCUT2D eigenvalue weighted by Crippen LogP contribution is -2.35. The van der Waals surface area contributed by atoms with Crippen molar-refractivity contribution in [2.75, 3.05) is 12.3 Å². The summed E-state index contributed by atoms with van der Waals surface area (Å²) in [5.74, 6) is 0.234. The number of unbranched alkanes of at least 4 members (excludes halogenated alkanes) is 2. The van der Waals surface area contributed by atoms with Crippen LogP contribution in [0.1, 0.15) is 59.8 Å². The van der Waals surface area contributed by atoms with Crippen LogP contribution in [0.5, 0.6) is 0 Å². The molecule has 98 valence electrons. The van der Waals surface area contributed by atoms with E-state index in [1.54, 1.807) is 0 Å². The quantitative estimate of drug-likeness (QED) is 0.639. The van der Waals surface area contributed by atoms with Gasteiger partial charge in [0.05, 0.1) is 5.75 Å². The smallest absolute Gasteiger partial charge is 0.211 e. The van der Waals surface area contributed by atoms with Gasteiger partial charge in [-0.25, -0.2) is 13.1 Å². The second-order valence-corrected chi connectivity index (χ2v) is 7.19. The van der Waals surface area contributed by atoms with E-state index >= 15 is 0 Å². The van der Waals surface area contributed by atoms with Crippen molar-refractivity contribution in [1.82, 2.24) is 4.72 Å². The van der Waals surface area contributed by atoms with Gasteiger partial charge in [0.2, 0.25) is 10.0 Å². The molecule has 0 aromatic rings. The third kappa shape index (κ3) is 8.11. The topological polar surface area (TPSA) is 46.2 Å². The average molecular weight is 249 g/mol.